The number of carbonyl (C=O) groups excluding carboxylic acids is 1. The maximum Gasteiger partial charge on any atom is 0.409 e. The summed E-state index contributed by atoms with van der Waals surface area (Å²) in [5.41, 5.74) is 1.64. The largest absolute Gasteiger partial charge is 0.450 e. The lowest BCUT2D eigenvalue weighted by atomic mass is 10.1. The molecular weight excluding hydrogens is 500 g/mol. The van der Waals surface area contributed by atoms with Gasteiger partial charge < -0.3 is 25.2 Å². The van der Waals surface area contributed by atoms with Crippen LogP contribution in [-0.2, 0) is 17.8 Å². The van der Waals surface area contributed by atoms with Gasteiger partial charge in [0.2, 0.25) is 0 Å². The minimum atomic E-state index is -0.239. The number of benzene rings is 1. The van der Waals surface area contributed by atoms with E-state index in [-0.39, 0.29) is 41.9 Å². The standard InChI is InChI=1S/C21H34FN5O2.HI/c1-5-23-20(25-18-9-11-27(12-10-18)21(28)29-6-2)24-14-16-7-8-19(22)17(13-16)15-26(3)4;/h7-8,13,18H,5-6,9-12,14-15H2,1-4H3,(H2,23,24,25);1H. The minimum Gasteiger partial charge on any atom is -0.450 e. The van der Waals surface area contributed by atoms with Gasteiger partial charge in [0.15, 0.2) is 5.96 Å². The van der Waals surface area contributed by atoms with Crippen molar-refractivity contribution < 1.29 is 13.9 Å². The molecule has 2 N–H and O–H groups in total. The van der Waals surface area contributed by atoms with E-state index in [9.17, 15) is 9.18 Å². The average molecular weight is 535 g/mol. The van der Waals surface area contributed by atoms with Crippen LogP contribution in [-0.4, -0.2) is 68.2 Å². The van der Waals surface area contributed by atoms with E-state index >= 15 is 0 Å². The lowest BCUT2D eigenvalue weighted by Crippen LogP contribution is -2.49. The number of amides is 1. The van der Waals surface area contributed by atoms with Crippen molar-refractivity contribution in [3.63, 3.8) is 0 Å². The van der Waals surface area contributed by atoms with Crippen LogP contribution >= 0.6 is 24.0 Å². The van der Waals surface area contributed by atoms with Gasteiger partial charge in [0, 0.05) is 37.8 Å². The number of rotatable bonds is 7. The quantitative estimate of drug-likeness (QED) is 0.319. The van der Waals surface area contributed by atoms with Crippen LogP contribution in [0.1, 0.15) is 37.8 Å². The Morgan fingerprint density at radius 2 is 2.00 bits per heavy atom. The lowest BCUT2D eigenvalue weighted by Gasteiger charge is -2.32. The van der Waals surface area contributed by atoms with E-state index in [0.29, 0.717) is 38.3 Å². The van der Waals surface area contributed by atoms with Crippen molar-refractivity contribution in [2.45, 2.75) is 45.8 Å². The van der Waals surface area contributed by atoms with E-state index in [1.165, 1.54) is 6.07 Å². The van der Waals surface area contributed by atoms with Crippen molar-refractivity contribution >= 4 is 36.0 Å². The van der Waals surface area contributed by atoms with E-state index in [0.717, 1.165) is 30.9 Å². The number of aliphatic imine (C=N–C) groups is 1. The van der Waals surface area contributed by atoms with Crippen LogP contribution in [0.2, 0.25) is 0 Å². The molecule has 1 fully saturated rings. The predicted octanol–water partition coefficient (Wildman–Crippen LogP) is 3.18. The predicted molar refractivity (Wildman–Crippen MR) is 129 cm³/mol. The fraction of sp³-hybridized carbons (Fsp3) is 0.619. The summed E-state index contributed by atoms with van der Waals surface area (Å²) < 4.78 is 19.0. The molecule has 0 spiro atoms. The van der Waals surface area contributed by atoms with Crippen LogP contribution in [0.5, 0.6) is 0 Å². The van der Waals surface area contributed by atoms with E-state index in [4.69, 9.17) is 4.74 Å². The number of carbonyl (C=O) groups is 1. The maximum atomic E-state index is 14.0. The molecule has 0 aliphatic carbocycles. The van der Waals surface area contributed by atoms with Gasteiger partial charge in [-0.3, -0.25) is 0 Å². The molecule has 1 aliphatic heterocycles. The molecule has 0 unspecified atom stereocenters. The van der Waals surface area contributed by atoms with Gasteiger partial charge >= 0.3 is 6.09 Å². The molecule has 0 radical (unpaired) electrons. The van der Waals surface area contributed by atoms with Gasteiger partial charge in [0.05, 0.1) is 13.2 Å². The van der Waals surface area contributed by atoms with Crippen molar-refractivity contribution in [2.24, 2.45) is 4.99 Å². The lowest BCUT2D eigenvalue weighted by molar-refractivity contribution is 0.0963. The van der Waals surface area contributed by atoms with Crippen LogP contribution in [0.4, 0.5) is 9.18 Å². The van der Waals surface area contributed by atoms with Gasteiger partial charge in [-0.1, -0.05) is 6.07 Å². The van der Waals surface area contributed by atoms with E-state index in [1.807, 2.05) is 38.9 Å². The number of guanidine groups is 1. The molecular formula is C21H35FIN5O2. The number of nitrogens with zero attached hydrogens (tertiary/aromatic N) is 3. The molecule has 1 heterocycles. The Labute approximate surface area is 196 Å². The van der Waals surface area contributed by atoms with Crippen molar-refractivity contribution in [3.8, 4) is 0 Å². The molecule has 9 heteroatoms. The molecule has 170 valence electrons. The number of ether oxygens (including phenoxy) is 1. The van der Waals surface area contributed by atoms with Gasteiger partial charge in [-0.2, -0.15) is 0 Å². The van der Waals surface area contributed by atoms with E-state index < -0.39 is 0 Å². The van der Waals surface area contributed by atoms with Crippen LogP contribution in [0.3, 0.4) is 0 Å². The molecule has 1 amide bonds. The highest BCUT2D eigenvalue weighted by molar-refractivity contribution is 14.0. The first-order valence-corrected chi connectivity index (χ1v) is 10.3. The minimum absolute atomic E-state index is 0. The summed E-state index contributed by atoms with van der Waals surface area (Å²) in [7, 11) is 3.84. The molecule has 0 bridgehead atoms. The second kappa shape index (κ2) is 13.6. The van der Waals surface area contributed by atoms with Crippen molar-refractivity contribution in [3.05, 3.63) is 35.1 Å². The smallest absolute Gasteiger partial charge is 0.409 e. The molecule has 0 aromatic heterocycles. The van der Waals surface area contributed by atoms with Crippen molar-refractivity contribution in [2.75, 3.05) is 40.3 Å². The zero-order valence-corrected chi connectivity index (χ0v) is 20.7. The Morgan fingerprint density at radius 1 is 1.30 bits per heavy atom. The number of nitrogens with one attached hydrogen (secondary N) is 2. The average Bonchev–Trinajstić information content (AvgIpc) is 2.69. The number of hydrogen-bond donors (Lipinski definition) is 2. The second-order valence-corrected chi connectivity index (χ2v) is 7.46. The van der Waals surface area contributed by atoms with Crippen LogP contribution in [0.15, 0.2) is 23.2 Å². The van der Waals surface area contributed by atoms with Gasteiger partial charge in [-0.15, -0.1) is 24.0 Å². The van der Waals surface area contributed by atoms with Gasteiger partial charge in [0.1, 0.15) is 5.82 Å². The molecule has 30 heavy (non-hydrogen) atoms. The first-order valence-electron chi connectivity index (χ1n) is 10.3. The Balaban J connectivity index is 0.00000450. The Hall–Kier alpha value is -1.62. The zero-order valence-electron chi connectivity index (χ0n) is 18.4. The summed E-state index contributed by atoms with van der Waals surface area (Å²) in [6, 6.07) is 5.41. The second-order valence-electron chi connectivity index (χ2n) is 7.46. The van der Waals surface area contributed by atoms with Crippen molar-refractivity contribution in [1.29, 1.82) is 0 Å². The summed E-state index contributed by atoms with van der Waals surface area (Å²) in [5.74, 6) is 0.547. The summed E-state index contributed by atoms with van der Waals surface area (Å²) in [4.78, 5) is 20.2. The third-order valence-electron chi connectivity index (χ3n) is 4.72. The third kappa shape index (κ3) is 8.63. The third-order valence-corrected chi connectivity index (χ3v) is 4.72. The number of likely N-dealkylation sites (tertiary alicyclic amines) is 1. The number of halogens is 2. The molecule has 0 saturated carbocycles. The van der Waals surface area contributed by atoms with Gasteiger partial charge in [-0.25, -0.2) is 14.2 Å². The summed E-state index contributed by atoms with van der Waals surface area (Å²) in [6.45, 7) is 7.35. The molecule has 1 aromatic carbocycles. The Morgan fingerprint density at radius 3 is 2.60 bits per heavy atom. The highest BCUT2D eigenvalue weighted by Crippen LogP contribution is 2.14. The zero-order chi connectivity index (χ0) is 21.2. The maximum absolute atomic E-state index is 14.0. The molecule has 1 saturated heterocycles. The molecule has 2 rings (SSSR count). The summed E-state index contributed by atoms with van der Waals surface area (Å²) in [5, 5.41) is 6.72. The van der Waals surface area contributed by atoms with Gasteiger partial charge in [-0.05, 0) is 58.5 Å². The van der Waals surface area contributed by atoms with Gasteiger partial charge in [0.25, 0.3) is 0 Å². The summed E-state index contributed by atoms with van der Waals surface area (Å²) >= 11 is 0. The molecule has 1 aromatic rings. The first-order chi connectivity index (χ1) is 13.9. The topological polar surface area (TPSA) is 69.2 Å². The van der Waals surface area contributed by atoms with Crippen molar-refractivity contribution in [1.82, 2.24) is 20.4 Å². The monoisotopic (exact) mass is 535 g/mol. The first kappa shape index (κ1) is 26.4. The Kier molecular flexibility index (Phi) is 12.0. The summed E-state index contributed by atoms with van der Waals surface area (Å²) in [6.07, 6.45) is 1.44. The fourth-order valence-electron chi connectivity index (χ4n) is 3.29. The van der Waals surface area contributed by atoms with E-state index in [1.54, 1.807) is 11.0 Å². The van der Waals surface area contributed by atoms with Crippen LogP contribution in [0, 0.1) is 5.82 Å². The number of piperidine rings is 1. The number of hydrogen-bond acceptors (Lipinski definition) is 4. The Bertz CT molecular complexity index is 694. The van der Waals surface area contributed by atoms with Crippen LogP contribution in [0.25, 0.3) is 0 Å². The highest BCUT2D eigenvalue weighted by atomic mass is 127. The van der Waals surface area contributed by atoms with E-state index in [2.05, 4.69) is 15.6 Å². The molecule has 0 atom stereocenters. The molecule has 7 nitrogen and oxygen atoms in total. The SMILES string of the molecule is CCNC(=NCc1ccc(F)c(CN(C)C)c1)NC1CCN(C(=O)OCC)CC1.I. The fourth-order valence-corrected chi connectivity index (χ4v) is 3.29. The van der Waals surface area contributed by atoms with Crippen LogP contribution < -0.4 is 10.6 Å². The normalized spacial score (nSPS) is 15.0. The highest BCUT2D eigenvalue weighted by Gasteiger charge is 2.24. The molecule has 1 aliphatic rings.